The molecule has 0 aliphatic carbocycles. The Morgan fingerprint density at radius 1 is 1.03 bits per heavy atom. The molecule has 8 nitrogen and oxygen atoms in total. The topological polar surface area (TPSA) is 96.0 Å². The van der Waals surface area contributed by atoms with Crippen LogP contribution >= 0.6 is 0 Å². The molecule has 2 aromatic rings. The van der Waals surface area contributed by atoms with Gasteiger partial charge in [-0.2, -0.15) is 0 Å². The highest BCUT2D eigenvalue weighted by Gasteiger charge is 2.32. The Labute approximate surface area is 194 Å². The van der Waals surface area contributed by atoms with Gasteiger partial charge in [-0.1, -0.05) is 36.4 Å². The third-order valence-electron chi connectivity index (χ3n) is 6.14. The molecule has 2 amide bonds. The first-order valence-corrected chi connectivity index (χ1v) is 12.7. The van der Waals surface area contributed by atoms with E-state index in [2.05, 4.69) is 4.72 Å². The van der Waals surface area contributed by atoms with Crippen LogP contribution in [0, 0.1) is 6.92 Å². The van der Waals surface area contributed by atoms with Gasteiger partial charge in [-0.05, 0) is 43.0 Å². The maximum Gasteiger partial charge on any atom is 0.254 e. The van der Waals surface area contributed by atoms with Gasteiger partial charge in [0.25, 0.3) is 11.8 Å². The molecule has 2 saturated heterocycles. The van der Waals surface area contributed by atoms with E-state index in [9.17, 15) is 18.0 Å². The van der Waals surface area contributed by atoms with Crippen molar-refractivity contribution in [3.63, 3.8) is 0 Å². The summed E-state index contributed by atoms with van der Waals surface area (Å²) in [6.07, 6.45) is 1.28. The van der Waals surface area contributed by atoms with E-state index >= 15 is 0 Å². The van der Waals surface area contributed by atoms with Crippen LogP contribution in [-0.4, -0.2) is 68.9 Å². The zero-order valence-electron chi connectivity index (χ0n) is 18.7. The van der Waals surface area contributed by atoms with Crippen molar-refractivity contribution in [2.45, 2.75) is 37.3 Å². The molecule has 2 aliphatic heterocycles. The van der Waals surface area contributed by atoms with Crippen LogP contribution in [0.2, 0.25) is 0 Å². The average Bonchev–Trinajstić information content (AvgIpc) is 3.38. The van der Waals surface area contributed by atoms with Gasteiger partial charge in [-0.15, -0.1) is 0 Å². The Hall–Kier alpha value is -2.75. The zero-order valence-corrected chi connectivity index (χ0v) is 19.5. The quantitative estimate of drug-likeness (QED) is 0.695. The molecule has 9 heteroatoms. The molecule has 0 bridgehead atoms. The molecule has 2 aromatic carbocycles. The van der Waals surface area contributed by atoms with Crippen LogP contribution in [0.25, 0.3) is 0 Å². The smallest absolute Gasteiger partial charge is 0.254 e. The lowest BCUT2D eigenvalue weighted by Crippen LogP contribution is -2.52. The lowest BCUT2D eigenvalue weighted by atomic mass is 10.1. The van der Waals surface area contributed by atoms with E-state index in [1.807, 2.05) is 30.3 Å². The molecular formula is C24H29N3O5S. The molecule has 1 atom stereocenters. The lowest BCUT2D eigenvalue weighted by Gasteiger charge is -2.36. The van der Waals surface area contributed by atoms with Crippen molar-refractivity contribution < 1.29 is 22.7 Å². The molecule has 0 saturated carbocycles. The van der Waals surface area contributed by atoms with Crippen molar-refractivity contribution in [1.29, 1.82) is 0 Å². The Morgan fingerprint density at radius 3 is 2.39 bits per heavy atom. The van der Waals surface area contributed by atoms with Crippen molar-refractivity contribution in [2.24, 2.45) is 0 Å². The first kappa shape index (κ1) is 23.4. The maximum atomic E-state index is 13.2. The van der Waals surface area contributed by atoms with E-state index < -0.39 is 10.0 Å². The summed E-state index contributed by atoms with van der Waals surface area (Å²) in [6.45, 7) is 4.27. The van der Waals surface area contributed by atoms with E-state index in [0.29, 0.717) is 43.9 Å². The Morgan fingerprint density at radius 2 is 1.73 bits per heavy atom. The second kappa shape index (κ2) is 10.0. The molecule has 1 unspecified atom stereocenters. The minimum Gasteiger partial charge on any atom is -0.368 e. The van der Waals surface area contributed by atoms with Crippen LogP contribution < -0.4 is 4.72 Å². The van der Waals surface area contributed by atoms with Crippen LogP contribution in [0.3, 0.4) is 0 Å². The van der Waals surface area contributed by atoms with Crippen LogP contribution in [-0.2, 0) is 26.1 Å². The summed E-state index contributed by atoms with van der Waals surface area (Å²) in [4.78, 5) is 29.2. The summed E-state index contributed by atoms with van der Waals surface area (Å²) < 4.78 is 33.7. The third kappa shape index (κ3) is 5.43. The third-order valence-corrected chi connectivity index (χ3v) is 7.54. The Kier molecular flexibility index (Phi) is 7.11. The largest absolute Gasteiger partial charge is 0.368 e. The Balaban J connectivity index is 1.42. The molecule has 176 valence electrons. The number of benzene rings is 2. The second-order valence-electron chi connectivity index (χ2n) is 8.41. The SMILES string of the molecule is Cc1ccc(S(=O)(=O)NCc2ccccc2)cc1C(=O)N1CCN(C(=O)C2CCCO2)CC1. The van der Waals surface area contributed by atoms with Crippen LogP contribution in [0.4, 0.5) is 0 Å². The normalized spacial score (nSPS) is 19.0. The predicted molar refractivity (Wildman–Crippen MR) is 123 cm³/mol. The molecule has 2 heterocycles. The van der Waals surface area contributed by atoms with Gasteiger partial charge in [-0.25, -0.2) is 13.1 Å². The number of nitrogens with one attached hydrogen (secondary N) is 1. The van der Waals surface area contributed by atoms with Gasteiger partial charge in [0.05, 0.1) is 4.90 Å². The minimum atomic E-state index is -3.78. The first-order chi connectivity index (χ1) is 15.8. The van der Waals surface area contributed by atoms with Crippen molar-refractivity contribution >= 4 is 21.8 Å². The van der Waals surface area contributed by atoms with Crippen molar-refractivity contribution in [1.82, 2.24) is 14.5 Å². The van der Waals surface area contributed by atoms with E-state index in [-0.39, 0.29) is 29.4 Å². The molecule has 1 N–H and O–H groups in total. The molecule has 33 heavy (non-hydrogen) atoms. The van der Waals surface area contributed by atoms with Crippen LogP contribution in [0.1, 0.15) is 34.3 Å². The predicted octanol–water partition coefficient (Wildman–Crippen LogP) is 1.94. The Bertz CT molecular complexity index is 1110. The fourth-order valence-electron chi connectivity index (χ4n) is 4.13. The van der Waals surface area contributed by atoms with E-state index in [4.69, 9.17) is 4.74 Å². The number of carbonyl (C=O) groups excluding carboxylic acids is 2. The van der Waals surface area contributed by atoms with Gasteiger partial charge in [0.2, 0.25) is 10.0 Å². The van der Waals surface area contributed by atoms with Gasteiger partial charge in [0, 0.05) is 44.9 Å². The fraction of sp³-hybridized carbons (Fsp3) is 0.417. The van der Waals surface area contributed by atoms with Gasteiger partial charge in [0.1, 0.15) is 6.10 Å². The standard InChI is InChI=1S/C24H29N3O5S/c1-18-9-10-20(33(30,31)25-17-19-6-3-2-4-7-19)16-21(18)23(28)26-11-13-27(14-12-26)24(29)22-8-5-15-32-22/h2-4,6-7,9-10,16,22,25H,5,8,11-15,17H2,1H3. The highest BCUT2D eigenvalue weighted by atomic mass is 32.2. The molecular weight excluding hydrogens is 442 g/mol. The lowest BCUT2D eigenvalue weighted by molar-refractivity contribution is -0.142. The minimum absolute atomic E-state index is 0.00615. The van der Waals surface area contributed by atoms with Crippen molar-refractivity contribution in [2.75, 3.05) is 32.8 Å². The van der Waals surface area contributed by atoms with Gasteiger partial charge < -0.3 is 14.5 Å². The molecule has 0 aromatic heterocycles. The van der Waals surface area contributed by atoms with Crippen molar-refractivity contribution in [3.8, 4) is 0 Å². The summed E-state index contributed by atoms with van der Waals surface area (Å²) in [7, 11) is -3.78. The molecule has 0 spiro atoms. The van der Waals surface area contributed by atoms with E-state index in [1.54, 1.807) is 22.8 Å². The number of ether oxygens (including phenoxy) is 1. The maximum absolute atomic E-state index is 13.2. The number of sulfonamides is 1. The zero-order chi connectivity index (χ0) is 23.4. The number of hydrogen-bond donors (Lipinski definition) is 1. The van der Waals surface area contributed by atoms with Gasteiger partial charge in [0.15, 0.2) is 0 Å². The molecule has 2 aliphatic rings. The molecule has 2 fully saturated rings. The number of carbonyl (C=O) groups is 2. The summed E-state index contributed by atoms with van der Waals surface area (Å²) in [6, 6.07) is 13.9. The molecule has 0 radical (unpaired) electrons. The highest BCUT2D eigenvalue weighted by Crippen LogP contribution is 2.20. The van der Waals surface area contributed by atoms with E-state index in [1.165, 1.54) is 12.1 Å². The number of aryl methyl sites for hydroxylation is 1. The first-order valence-electron chi connectivity index (χ1n) is 11.2. The summed E-state index contributed by atoms with van der Waals surface area (Å²) in [5.74, 6) is -0.231. The summed E-state index contributed by atoms with van der Waals surface area (Å²) >= 11 is 0. The number of hydrogen-bond acceptors (Lipinski definition) is 5. The van der Waals surface area contributed by atoms with Crippen LogP contribution in [0.5, 0.6) is 0 Å². The monoisotopic (exact) mass is 471 g/mol. The highest BCUT2D eigenvalue weighted by molar-refractivity contribution is 7.89. The number of piperazine rings is 1. The average molecular weight is 472 g/mol. The number of nitrogens with zero attached hydrogens (tertiary/aromatic N) is 2. The van der Waals surface area contributed by atoms with Gasteiger partial charge >= 0.3 is 0 Å². The summed E-state index contributed by atoms with van der Waals surface area (Å²) in [5, 5.41) is 0. The number of amides is 2. The second-order valence-corrected chi connectivity index (χ2v) is 10.2. The van der Waals surface area contributed by atoms with E-state index in [0.717, 1.165) is 18.4 Å². The van der Waals surface area contributed by atoms with Crippen LogP contribution in [0.15, 0.2) is 53.4 Å². The number of rotatable bonds is 6. The van der Waals surface area contributed by atoms with Gasteiger partial charge in [-0.3, -0.25) is 9.59 Å². The molecule has 4 rings (SSSR count). The fourth-order valence-corrected chi connectivity index (χ4v) is 5.18. The summed E-state index contributed by atoms with van der Waals surface area (Å²) in [5.41, 5.74) is 1.91. The van der Waals surface area contributed by atoms with Crippen molar-refractivity contribution in [3.05, 3.63) is 65.2 Å².